The Balaban J connectivity index is 2.47. The number of nitrogens with one attached hydrogen (secondary N) is 1. The maximum absolute atomic E-state index is 8.82. The Morgan fingerprint density at radius 1 is 1.22 bits per heavy atom. The summed E-state index contributed by atoms with van der Waals surface area (Å²) in [5.41, 5.74) is 1.33. The first-order chi connectivity index (χ1) is 8.67. The molecule has 0 spiro atoms. The molecule has 0 saturated heterocycles. The average Bonchev–Trinajstić information content (AvgIpc) is 2.37. The maximum atomic E-state index is 8.82. The molecule has 0 amide bonds. The summed E-state index contributed by atoms with van der Waals surface area (Å²) in [4.78, 5) is 1.33. The van der Waals surface area contributed by atoms with Crippen molar-refractivity contribution in [2.75, 3.05) is 12.4 Å². The van der Waals surface area contributed by atoms with Gasteiger partial charge in [-0.2, -0.15) is 0 Å². The van der Waals surface area contributed by atoms with E-state index in [1.165, 1.54) is 10.5 Å². The number of thioether (sulfide) groups is 1. The number of aliphatic hydroxyl groups excluding tert-OH is 1. The predicted molar refractivity (Wildman–Crippen MR) is 80.2 cm³/mol. The largest absolute Gasteiger partial charge is 0.396 e. The third-order valence-electron chi connectivity index (χ3n) is 3.02. The van der Waals surface area contributed by atoms with E-state index in [0.717, 1.165) is 18.6 Å². The molecule has 0 fully saturated rings. The van der Waals surface area contributed by atoms with Crippen LogP contribution in [0.4, 0.5) is 0 Å². The normalized spacial score (nSPS) is 14.4. The van der Waals surface area contributed by atoms with Gasteiger partial charge in [-0.3, -0.25) is 0 Å². The molecular formula is C15H25NOS. The Labute approximate surface area is 115 Å². The van der Waals surface area contributed by atoms with Gasteiger partial charge in [0.05, 0.1) is 0 Å². The van der Waals surface area contributed by atoms with Crippen LogP contribution in [0.5, 0.6) is 0 Å². The third-order valence-corrected chi connectivity index (χ3v) is 3.92. The Bertz CT molecular complexity index is 326. The van der Waals surface area contributed by atoms with Gasteiger partial charge in [0.1, 0.15) is 0 Å². The SMILES string of the molecule is CCSc1ccc(C(C)NC(C)CCCO)cc1. The molecule has 1 aromatic carbocycles. The molecule has 2 N–H and O–H groups in total. The quantitative estimate of drug-likeness (QED) is 0.706. The maximum Gasteiger partial charge on any atom is 0.0431 e. The van der Waals surface area contributed by atoms with E-state index in [1.54, 1.807) is 0 Å². The molecule has 3 heteroatoms. The smallest absolute Gasteiger partial charge is 0.0431 e. The summed E-state index contributed by atoms with van der Waals surface area (Å²) in [6.45, 7) is 6.82. The van der Waals surface area contributed by atoms with Crippen molar-refractivity contribution in [2.45, 2.75) is 50.6 Å². The van der Waals surface area contributed by atoms with Gasteiger partial charge in [-0.15, -0.1) is 11.8 Å². The van der Waals surface area contributed by atoms with Crippen LogP contribution in [0.2, 0.25) is 0 Å². The number of hydrogen-bond donors (Lipinski definition) is 2. The average molecular weight is 267 g/mol. The first-order valence-electron chi connectivity index (χ1n) is 6.77. The Morgan fingerprint density at radius 2 is 1.89 bits per heavy atom. The van der Waals surface area contributed by atoms with Gasteiger partial charge in [0.15, 0.2) is 0 Å². The second-order valence-electron chi connectivity index (χ2n) is 4.66. The molecule has 0 bridgehead atoms. The zero-order chi connectivity index (χ0) is 13.4. The minimum absolute atomic E-state index is 0.281. The van der Waals surface area contributed by atoms with Crippen molar-refractivity contribution in [3.8, 4) is 0 Å². The van der Waals surface area contributed by atoms with Gasteiger partial charge in [-0.05, 0) is 50.1 Å². The fraction of sp³-hybridized carbons (Fsp3) is 0.600. The molecule has 0 heterocycles. The molecule has 0 saturated carbocycles. The van der Waals surface area contributed by atoms with E-state index in [4.69, 9.17) is 5.11 Å². The number of benzene rings is 1. The molecule has 2 nitrogen and oxygen atoms in total. The third kappa shape index (κ3) is 5.42. The van der Waals surface area contributed by atoms with Crippen LogP contribution in [0.15, 0.2) is 29.2 Å². The van der Waals surface area contributed by atoms with Crippen molar-refractivity contribution in [3.05, 3.63) is 29.8 Å². The van der Waals surface area contributed by atoms with E-state index in [0.29, 0.717) is 12.1 Å². The molecule has 18 heavy (non-hydrogen) atoms. The minimum atomic E-state index is 0.281. The summed E-state index contributed by atoms with van der Waals surface area (Å²) in [6.07, 6.45) is 1.89. The van der Waals surface area contributed by atoms with Crippen molar-refractivity contribution in [1.82, 2.24) is 5.32 Å². The second-order valence-corrected chi connectivity index (χ2v) is 5.99. The highest BCUT2D eigenvalue weighted by atomic mass is 32.2. The lowest BCUT2D eigenvalue weighted by molar-refractivity contribution is 0.274. The van der Waals surface area contributed by atoms with Crippen molar-refractivity contribution < 1.29 is 5.11 Å². The van der Waals surface area contributed by atoms with Gasteiger partial charge >= 0.3 is 0 Å². The summed E-state index contributed by atoms with van der Waals surface area (Å²) >= 11 is 1.87. The van der Waals surface area contributed by atoms with E-state index in [2.05, 4.69) is 50.4 Å². The van der Waals surface area contributed by atoms with Gasteiger partial charge in [0.2, 0.25) is 0 Å². The van der Waals surface area contributed by atoms with Crippen LogP contribution in [0.3, 0.4) is 0 Å². The molecule has 0 aliphatic rings. The fourth-order valence-corrected chi connectivity index (χ4v) is 2.69. The lowest BCUT2D eigenvalue weighted by Crippen LogP contribution is -2.29. The zero-order valence-corrected chi connectivity index (χ0v) is 12.5. The highest BCUT2D eigenvalue weighted by Gasteiger charge is 2.09. The molecule has 2 atom stereocenters. The van der Waals surface area contributed by atoms with Crippen LogP contribution in [0.25, 0.3) is 0 Å². The van der Waals surface area contributed by atoms with E-state index in [1.807, 2.05) is 11.8 Å². The van der Waals surface area contributed by atoms with Crippen molar-refractivity contribution in [1.29, 1.82) is 0 Å². The summed E-state index contributed by atoms with van der Waals surface area (Å²) in [5, 5.41) is 12.4. The fourth-order valence-electron chi connectivity index (χ4n) is 2.02. The van der Waals surface area contributed by atoms with Crippen LogP contribution in [-0.4, -0.2) is 23.5 Å². The monoisotopic (exact) mass is 267 g/mol. The van der Waals surface area contributed by atoms with Crippen LogP contribution in [0, 0.1) is 0 Å². The van der Waals surface area contributed by atoms with Crippen LogP contribution < -0.4 is 5.32 Å². The van der Waals surface area contributed by atoms with E-state index >= 15 is 0 Å². The lowest BCUT2D eigenvalue weighted by Gasteiger charge is -2.20. The van der Waals surface area contributed by atoms with Crippen molar-refractivity contribution in [2.24, 2.45) is 0 Å². The van der Waals surface area contributed by atoms with Crippen LogP contribution in [-0.2, 0) is 0 Å². The van der Waals surface area contributed by atoms with Crippen molar-refractivity contribution in [3.63, 3.8) is 0 Å². The lowest BCUT2D eigenvalue weighted by atomic mass is 10.1. The van der Waals surface area contributed by atoms with E-state index < -0.39 is 0 Å². The number of hydrogen-bond acceptors (Lipinski definition) is 3. The molecule has 1 rings (SSSR count). The molecule has 0 aliphatic heterocycles. The molecular weight excluding hydrogens is 242 g/mol. The standard InChI is InChI=1S/C15H25NOS/c1-4-18-15-9-7-14(8-10-15)13(3)16-12(2)6-5-11-17/h7-10,12-13,16-17H,4-6,11H2,1-3H3. The van der Waals surface area contributed by atoms with Crippen LogP contribution >= 0.6 is 11.8 Å². The van der Waals surface area contributed by atoms with Gasteiger partial charge in [-0.25, -0.2) is 0 Å². The van der Waals surface area contributed by atoms with Crippen LogP contribution in [0.1, 0.15) is 45.2 Å². The van der Waals surface area contributed by atoms with Gasteiger partial charge < -0.3 is 10.4 Å². The second kappa shape index (κ2) is 8.57. The summed E-state index contributed by atoms with van der Waals surface area (Å²) < 4.78 is 0. The molecule has 102 valence electrons. The number of aliphatic hydroxyl groups is 1. The van der Waals surface area contributed by atoms with Gasteiger partial charge in [0, 0.05) is 23.6 Å². The summed E-state index contributed by atoms with van der Waals surface area (Å²) in [5.74, 6) is 1.12. The Kier molecular flexibility index (Phi) is 7.40. The molecule has 0 radical (unpaired) electrons. The highest BCUT2D eigenvalue weighted by molar-refractivity contribution is 7.99. The van der Waals surface area contributed by atoms with E-state index in [-0.39, 0.29) is 6.61 Å². The predicted octanol–water partition coefficient (Wildman–Crippen LogP) is 3.61. The number of rotatable bonds is 8. The van der Waals surface area contributed by atoms with Gasteiger partial charge in [-0.1, -0.05) is 19.1 Å². The molecule has 0 aliphatic carbocycles. The first-order valence-corrected chi connectivity index (χ1v) is 7.75. The highest BCUT2D eigenvalue weighted by Crippen LogP contribution is 2.21. The first kappa shape index (κ1) is 15.5. The van der Waals surface area contributed by atoms with Crippen molar-refractivity contribution >= 4 is 11.8 Å². The zero-order valence-electron chi connectivity index (χ0n) is 11.6. The molecule has 1 aromatic rings. The topological polar surface area (TPSA) is 32.3 Å². The van der Waals surface area contributed by atoms with E-state index in [9.17, 15) is 0 Å². The Morgan fingerprint density at radius 3 is 2.44 bits per heavy atom. The minimum Gasteiger partial charge on any atom is -0.396 e. The van der Waals surface area contributed by atoms with Gasteiger partial charge in [0.25, 0.3) is 0 Å². The molecule has 2 unspecified atom stereocenters. The Hall–Kier alpha value is -0.510. The summed E-state index contributed by atoms with van der Waals surface area (Å²) in [6, 6.07) is 9.60. The molecule has 0 aromatic heterocycles. The summed E-state index contributed by atoms with van der Waals surface area (Å²) in [7, 11) is 0.